The van der Waals surface area contributed by atoms with Crippen molar-refractivity contribution in [2.24, 2.45) is 0 Å². The molecule has 5 heterocycles. The molecular formula is C49H28N4O9Ru. The number of hydrogen-bond donors (Lipinski definition) is 4. The van der Waals surface area contributed by atoms with E-state index in [0.29, 0.717) is 89.4 Å². The Balaban J connectivity index is 0.00000196. The van der Waals surface area contributed by atoms with Gasteiger partial charge in [-0.3, -0.25) is 0 Å². The summed E-state index contributed by atoms with van der Waals surface area (Å²) in [5.41, 5.74) is 9.53. The van der Waals surface area contributed by atoms with Crippen LogP contribution in [0.15, 0.2) is 121 Å². The first-order chi connectivity index (χ1) is 30.0. The van der Waals surface area contributed by atoms with Gasteiger partial charge in [0.05, 0.1) is 45.0 Å². The van der Waals surface area contributed by atoms with Gasteiger partial charge < -0.3 is 30.4 Å². The molecule has 2 aliphatic heterocycles. The van der Waals surface area contributed by atoms with Gasteiger partial charge in [0.25, 0.3) is 0 Å². The van der Waals surface area contributed by atoms with Crippen molar-refractivity contribution in [1.29, 1.82) is 0 Å². The molecule has 2 aliphatic rings. The van der Waals surface area contributed by atoms with E-state index >= 15 is 0 Å². The Morgan fingerprint density at radius 3 is 0.730 bits per heavy atom. The third kappa shape index (κ3) is 8.28. The van der Waals surface area contributed by atoms with Gasteiger partial charge >= 0.3 is 54.7 Å². The van der Waals surface area contributed by atoms with Crippen LogP contribution in [0.25, 0.3) is 90.9 Å². The molecule has 0 aliphatic carbocycles. The number of aromatic nitrogens is 4. The van der Waals surface area contributed by atoms with Gasteiger partial charge in [-0.2, -0.15) is 0 Å². The van der Waals surface area contributed by atoms with Crippen LogP contribution >= 0.6 is 0 Å². The van der Waals surface area contributed by atoms with Gasteiger partial charge in [0, 0.05) is 0 Å². The maximum Gasteiger partial charge on any atom is 2.00 e. The molecule has 0 spiro atoms. The Hall–Kier alpha value is -8.28. The van der Waals surface area contributed by atoms with Crippen molar-refractivity contribution < 1.29 is 63.7 Å². The maximum absolute atomic E-state index is 11.8. The van der Waals surface area contributed by atoms with E-state index in [2.05, 4.69) is 6.65 Å². The number of fused-ring (bicyclic) bond motifs is 8. The topological polar surface area (TPSA) is 223 Å². The largest absolute Gasteiger partial charge is 2.00 e. The monoisotopic (exact) mass is 918 g/mol. The van der Waals surface area contributed by atoms with E-state index in [9.17, 15) is 39.6 Å². The second kappa shape index (κ2) is 17.8. The van der Waals surface area contributed by atoms with Gasteiger partial charge in [0.1, 0.15) is 0 Å². The van der Waals surface area contributed by atoms with Crippen LogP contribution in [0.3, 0.4) is 0 Å². The summed E-state index contributed by atoms with van der Waals surface area (Å²) < 4.78 is 7.50. The molecule has 8 bridgehead atoms. The Kier molecular flexibility index (Phi) is 12.1. The van der Waals surface area contributed by atoms with Crippen molar-refractivity contribution in [1.82, 2.24) is 19.9 Å². The zero-order valence-electron chi connectivity index (χ0n) is 32.3. The molecule has 3 aromatic heterocycles. The van der Waals surface area contributed by atoms with Crippen molar-refractivity contribution in [3.8, 4) is 44.5 Å². The summed E-state index contributed by atoms with van der Waals surface area (Å²) in [6, 6.07) is 33.0. The third-order valence-electron chi connectivity index (χ3n) is 10.3. The summed E-state index contributed by atoms with van der Waals surface area (Å²) in [4.78, 5) is 67.8. The van der Waals surface area contributed by atoms with Crippen LogP contribution < -0.4 is 9.97 Å². The zero-order chi connectivity index (χ0) is 43.7. The number of benzene rings is 4. The summed E-state index contributed by atoms with van der Waals surface area (Å²) >= 11 is 0. The fourth-order valence-electron chi connectivity index (χ4n) is 7.39. The van der Waals surface area contributed by atoms with Crippen LogP contribution in [0.4, 0.5) is 0 Å². The van der Waals surface area contributed by atoms with Crippen molar-refractivity contribution in [2.75, 3.05) is 0 Å². The van der Waals surface area contributed by atoms with E-state index in [1.54, 1.807) is 48.5 Å². The number of carbonyl (C=O) groups is 4. The van der Waals surface area contributed by atoms with Crippen LogP contribution in [0.1, 0.15) is 64.2 Å². The molecule has 0 fully saturated rings. The molecule has 4 aromatic carbocycles. The fraction of sp³-hybridized carbons (Fsp3) is 0. The molecule has 0 saturated carbocycles. The molecule has 0 unspecified atom stereocenters. The quantitative estimate of drug-likeness (QED) is 0.0636. The van der Waals surface area contributed by atoms with Crippen LogP contribution in [0.5, 0.6) is 0 Å². The minimum absolute atomic E-state index is 0. The first-order valence-electron chi connectivity index (χ1n) is 18.6. The number of rotatable bonds is 8. The average Bonchev–Trinajstić information content (AvgIpc) is 4.13. The van der Waals surface area contributed by atoms with Crippen LogP contribution in [0, 0.1) is 6.65 Å². The minimum atomic E-state index is -1.07. The number of aromatic carboxylic acids is 4. The number of nitrogens with zero attached hydrogens (tertiary/aromatic N) is 4. The molecule has 14 heteroatoms. The van der Waals surface area contributed by atoms with Gasteiger partial charge in [0.2, 0.25) is 0 Å². The van der Waals surface area contributed by atoms with Crippen molar-refractivity contribution in [2.45, 2.75) is 0 Å². The van der Waals surface area contributed by atoms with Gasteiger partial charge in [-0.1, -0.05) is 72.8 Å². The molecule has 4 N–H and O–H groups in total. The number of carboxylic acid groups (broad SMARTS) is 4. The Bertz CT molecular complexity index is 2820. The Labute approximate surface area is 369 Å². The molecule has 0 saturated heterocycles. The Morgan fingerprint density at radius 1 is 0.365 bits per heavy atom. The van der Waals surface area contributed by atoms with E-state index in [1.807, 2.05) is 48.6 Å². The molecule has 63 heavy (non-hydrogen) atoms. The summed E-state index contributed by atoms with van der Waals surface area (Å²) in [5.74, 6) is -4.30. The summed E-state index contributed by atoms with van der Waals surface area (Å²) in [6.07, 6.45) is 7.33. The van der Waals surface area contributed by atoms with Crippen LogP contribution in [0.2, 0.25) is 0 Å². The molecule has 13 nitrogen and oxygen atoms in total. The first-order valence-corrected chi connectivity index (χ1v) is 18.6. The van der Waals surface area contributed by atoms with Gasteiger partial charge in [-0.15, -0.1) is 22.1 Å². The molecular weight excluding hydrogens is 890 g/mol. The molecule has 7 aromatic rings. The second-order valence-electron chi connectivity index (χ2n) is 13.9. The van der Waals surface area contributed by atoms with E-state index < -0.39 is 23.9 Å². The van der Waals surface area contributed by atoms with Crippen LogP contribution in [-0.2, 0) is 24.1 Å². The van der Waals surface area contributed by atoms with Gasteiger partial charge in [0.15, 0.2) is 0 Å². The molecule has 0 atom stereocenters. The number of carboxylic acids is 4. The predicted molar refractivity (Wildman–Crippen MR) is 230 cm³/mol. The third-order valence-corrected chi connectivity index (χ3v) is 10.3. The first kappa shape index (κ1) is 42.8. The Morgan fingerprint density at radius 2 is 0.556 bits per heavy atom. The normalized spacial score (nSPS) is 11.2. The van der Waals surface area contributed by atoms with Crippen molar-refractivity contribution in [3.05, 3.63) is 173 Å². The maximum atomic E-state index is 11.8. The van der Waals surface area contributed by atoms with Gasteiger partial charge in [-0.05, 0) is 117 Å². The summed E-state index contributed by atoms with van der Waals surface area (Å²) in [5, 5.41) is 38.7. The predicted octanol–water partition coefficient (Wildman–Crippen LogP) is 9.33. The number of hydrogen-bond acceptors (Lipinski definition) is 6. The SMILES string of the molecule is O=C(O)c1ccc(-c2c3nc(c(-c4ccc(C(=O)O)cc4)c4ccc([n-]4)c(-c4ccc(C(=O)O)cc4)c4nc(c(-c5ccc(C(=O)O)cc5)c5ccc2[n-]5)C=C4)C=C3)cc1.[C-]#[O+].[Ru+2]. The standard InChI is InChI=1S/C48H30N4O8.CO.Ru/c53-45(54)29-9-1-25(2-10-29)41-33-17-19-35(49-33)42(26-3-11-30(12-4-26)46(55)56)37-21-23-39(51-37)44(28-7-15-32(16-8-28)48(59)60)40-24-22-38(52-40)43(36-20-18-34(41)50-36)27-5-13-31(14-6-27)47(57)58;1-2;/h1-24H,(H6,49,50,51,52,53,54,55,56,57,58,59,60);;/q;;+2/p-2. The van der Waals surface area contributed by atoms with Crippen molar-refractivity contribution >= 4 is 70.2 Å². The minimum Gasteiger partial charge on any atom is 2.00 e. The van der Waals surface area contributed by atoms with Crippen molar-refractivity contribution in [3.63, 3.8) is 0 Å². The van der Waals surface area contributed by atoms with E-state index in [1.165, 1.54) is 48.5 Å². The molecule has 9 rings (SSSR count). The summed E-state index contributed by atoms with van der Waals surface area (Å²) in [7, 11) is 0. The molecule has 0 amide bonds. The van der Waals surface area contributed by atoms with E-state index in [0.717, 1.165) is 0 Å². The average molecular weight is 918 g/mol. The molecule has 306 valence electrons. The van der Waals surface area contributed by atoms with Crippen LogP contribution in [-0.4, -0.2) is 54.3 Å². The fourth-order valence-corrected chi connectivity index (χ4v) is 7.39. The van der Waals surface area contributed by atoms with E-state index in [4.69, 9.17) is 24.6 Å². The second-order valence-corrected chi connectivity index (χ2v) is 13.9. The summed E-state index contributed by atoms with van der Waals surface area (Å²) in [6.45, 7) is 4.50. The smallest absolute Gasteiger partial charge is 2.00 e. The molecule has 0 radical (unpaired) electrons. The zero-order valence-corrected chi connectivity index (χ0v) is 34.1. The van der Waals surface area contributed by atoms with Gasteiger partial charge in [-0.25, -0.2) is 29.1 Å². The van der Waals surface area contributed by atoms with E-state index in [-0.39, 0.29) is 41.7 Å².